The van der Waals surface area contributed by atoms with E-state index in [0.717, 1.165) is 22.0 Å². The van der Waals surface area contributed by atoms with Crippen LogP contribution in [0.2, 0.25) is 5.02 Å². The van der Waals surface area contributed by atoms with Gasteiger partial charge in [0.1, 0.15) is 0 Å². The van der Waals surface area contributed by atoms with E-state index in [2.05, 4.69) is 15.3 Å². The van der Waals surface area contributed by atoms with Crippen molar-refractivity contribution in [2.24, 2.45) is 7.05 Å². The van der Waals surface area contributed by atoms with Crippen molar-refractivity contribution in [3.05, 3.63) is 77.6 Å². The van der Waals surface area contributed by atoms with E-state index in [9.17, 15) is 4.79 Å². The van der Waals surface area contributed by atoms with Gasteiger partial charge in [0.15, 0.2) is 11.0 Å². The Kier molecular flexibility index (Phi) is 4.75. The molecular weight excluding hydrogens is 380 g/mol. The Balaban J connectivity index is 1.75. The van der Waals surface area contributed by atoms with Crippen LogP contribution in [-0.2, 0) is 7.05 Å². The molecule has 0 spiro atoms. The quantitative estimate of drug-likeness (QED) is 0.522. The molecular formula is C20H15ClN4OS. The number of thiazole rings is 1. The average molecular weight is 395 g/mol. The maximum absolute atomic E-state index is 12.6. The molecule has 4 aromatic rings. The van der Waals surface area contributed by atoms with E-state index in [1.54, 1.807) is 30.5 Å². The van der Waals surface area contributed by atoms with Crippen molar-refractivity contribution >= 4 is 34.0 Å². The summed E-state index contributed by atoms with van der Waals surface area (Å²) in [4.78, 5) is 22.6. The Morgan fingerprint density at radius 1 is 1.11 bits per heavy atom. The molecule has 4 rings (SSSR count). The molecule has 5 nitrogen and oxygen atoms in total. The number of carbonyl (C=O) groups is 1. The van der Waals surface area contributed by atoms with E-state index >= 15 is 0 Å². The Morgan fingerprint density at radius 2 is 1.85 bits per heavy atom. The van der Waals surface area contributed by atoms with Gasteiger partial charge in [0.2, 0.25) is 0 Å². The third kappa shape index (κ3) is 3.49. The summed E-state index contributed by atoms with van der Waals surface area (Å²) in [6.45, 7) is 0. The molecule has 0 fully saturated rings. The summed E-state index contributed by atoms with van der Waals surface area (Å²) in [6.07, 6.45) is 3.62. The predicted octanol–water partition coefficient (Wildman–Crippen LogP) is 5.12. The Bertz CT molecular complexity index is 1100. The number of aromatic nitrogens is 3. The van der Waals surface area contributed by atoms with Crippen LogP contribution in [0.25, 0.3) is 22.0 Å². The molecule has 0 saturated heterocycles. The minimum absolute atomic E-state index is 0.291. The smallest absolute Gasteiger partial charge is 0.258 e. The number of nitrogens with one attached hydrogen (secondary N) is 1. The lowest BCUT2D eigenvalue weighted by Gasteiger charge is -2.03. The average Bonchev–Trinajstić information content (AvgIpc) is 3.28. The summed E-state index contributed by atoms with van der Waals surface area (Å²) >= 11 is 7.51. The predicted molar refractivity (Wildman–Crippen MR) is 109 cm³/mol. The summed E-state index contributed by atoms with van der Waals surface area (Å²) in [5.41, 5.74) is 2.16. The van der Waals surface area contributed by atoms with Gasteiger partial charge in [0.05, 0.1) is 21.2 Å². The molecule has 0 aliphatic heterocycles. The van der Waals surface area contributed by atoms with Crippen LogP contribution in [0, 0.1) is 0 Å². The summed E-state index contributed by atoms with van der Waals surface area (Å²) < 4.78 is 1.93. The van der Waals surface area contributed by atoms with Crippen molar-refractivity contribution in [1.29, 1.82) is 0 Å². The van der Waals surface area contributed by atoms with Crippen molar-refractivity contribution < 1.29 is 4.79 Å². The number of benzene rings is 2. The first-order valence-corrected chi connectivity index (χ1v) is 9.43. The van der Waals surface area contributed by atoms with E-state index in [4.69, 9.17) is 11.6 Å². The Morgan fingerprint density at radius 3 is 2.56 bits per heavy atom. The highest BCUT2D eigenvalue weighted by molar-refractivity contribution is 7.19. The maximum Gasteiger partial charge on any atom is 0.258 e. The first-order valence-electron chi connectivity index (χ1n) is 8.23. The van der Waals surface area contributed by atoms with Gasteiger partial charge in [0.25, 0.3) is 5.91 Å². The zero-order chi connectivity index (χ0) is 18.8. The first-order chi connectivity index (χ1) is 13.1. The summed E-state index contributed by atoms with van der Waals surface area (Å²) in [5.74, 6) is 0.505. The monoisotopic (exact) mass is 394 g/mol. The number of nitrogens with zero attached hydrogens (tertiary/aromatic N) is 3. The second-order valence-electron chi connectivity index (χ2n) is 5.86. The van der Waals surface area contributed by atoms with Gasteiger partial charge in [-0.05, 0) is 12.1 Å². The van der Waals surface area contributed by atoms with Crippen molar-refractivity contribution in [2.75, 3.05) is 5.32 Å². The van der Waals surface area contributed by atoms with Crippen LogP contribution in [0.1, 0.15) is 10.4 Å². The third-order valence-electron chi connectivity index (χ3n) is 4.04. The molecule has 0 aliphatic carbocycles. The number of carbonyl (C=O) groups excluding carboxylic acids is 1. The molecule has 2 aromatic heterocycles. The second kappa shape index (κ2) is 7.34. The minimum Gasteiger partial charge on any atom is -0.333 e. The second-order valence-corrected chi connectivity index (χ2v) is 7.26. The molecule has 0 saturated carbocycles. The SMILES string of the molecule is Cn1ccnc1-c1sc(NC(=O)c2ccccc2Cl)nc1-c1ccccc1. The first kappa shape index (κ1) is 17.5. The van der Waals surface area contributed by atoms with Gasteiger partial charge in [-0.2, -0.15) is 0 Å². The molecule has 1 N–H and O–H groups in total. The largest absolute Gasteiger partial charge is 0.333 e. The molecule has 7 heteroatoms. The molecule has 1 amide bonds. The number of aryl methyl sites for hydroxylation is 1. The molecule has 0 atom stereocenters. The zero-order valence-electron chi connectivity index (χ0n) is 14.4. The molecule has 27 heavy (non-hydrogen) atoms. The summed E-state index contributed by atoms with van der Waals surface area (Å²) in [6, 6.07) is 16.8. The number of rotatable bonds is 4. The van der Waals surface area contributed by atoms with E-state index in [1.807, 2.05) is 48.1 Å². The van der Waals surface area contributed by atoms with Crippen LogP contribution in [0.3, 0.4) is 0 Å². The highest BCUT2D eigenvalue weighted by Gasteiger charge is 2.20. The van der Waals surface area contributed by atoms with E-state index in [-0.39, 0.29) is 5.91 Å². The molecule has 0 unspecified atom stereocenters. The van der Waals surface area contributed by atoms with Crippen molar-refractivity contribution in [1.82, 2.24) is 14.5 Å². The number of imidazole rings is 1. The zero-order valence-corrected chi connectivity index (χ0v) is 16.0. The van der Waals surface area contributed by atoms with Gasteiger partial charge in [0, 0.05) is 25.0 Å². The van der Waals surface area contributed by atoms with Gasteiger partial charge in [-0.1, -0.05) is 65.4 Å². The molecule has 0 radical (unpaired) electrons. The standard InChI is InChI=1S/C20H15ClN4OS/c1-25-12-11-22-18(25)17-16(13-7-3-2-4-8-13)23-20(27-17)24-19(26)14-9-5-6-10-15(14)21/h2-12H,1H3,(H,23,24,26). The highest BCUT2D eigenvalue weighted by Crippen LogP contribution is 2.38. The van der Waals surface area contributed by atoms with Crippen LogP contribution in [0.5, 0.6) is 0 Å². The van der Waals surface area contributed by atoms with E-state index < -0.39 is 0 Å². The number of anilines is 1. The summed E-state index contributed by atoms with van der Waals surface area (Å²) in [7, 11) is 1.93. The number of hydrogen-bond donors (Lipinski definition) is 1. The van der Waals surface area contributed by atoms with Gasteiger partial charge < -0.3 is 4.57 Å². The van der Waals surface area contributed by atoms with Crippen LogP contribution in [0.4, 0.5) is 5.13 Å². The van der Waals surface area contributed by atoms with E-state index in [0.29, 0.717) is 15.7 Å². The molecule has 2 heterocycles. The van der Waals surface area contributed by atoms with Crippen molar-refractivity contribution in [3.8, 4) is 22.0 Å². The number of hydrogen-bond acceptors (Lipinski definition) is 4. The topological polar surface area (TPSA) is 59.8 Å². The van der Waals surface area contributed by atoms with E-state index in [1.165, 1.54) is 11.3 Å². The Labute approximate surface area is 165 Å². The maximum atomic E-state index is 12.6. The summed E-state index contributed by atoms with van der Waals surface area (Å²) in [5, 5.41) is 3.76. The van der Waals surface area contributed by atoms with Crippen molar-refractivity contribution in [2.45, 2.75) is 0 Å². The van der Waals surface area contributed by atoms with Crippen molar-refractivity contribution in [3.63, 3.8) is 0 Å². The van der Waals surface area contributed by atoms with Crippen LogP contribution >= 0.6 is 22.9 Å². The molecule has 0 aliphatic rings. The van der Waals surface area contributed by atoms with Crippen LogP contribution in [-0.4, -0.2) is 20.4 Å². The van der Waals surface area contributed by atoms with Gasteiger partial charge in [-0.25, -0.2) is 9.97 Å². The molecule has 2 aromatic carbocycles. The lowest BCUT2D eigenvalue weighted by molar-refractivity contribution is 0.102. The highest BCUT2D eigenvalue weighted by atomic mass is 35.5. The van der Waals surface area contributed by atoms with Gasteiger partial charge in [-0.3, -0.25) is 10.1 Å². The Hall–Kier alpha value is -2.96. The minimum atomic E-state index is -0.291. The van der Waals surface area contributed by atoms with Crippen LogP contribution in [0.15, 0.2) is 67.0 Å². The molecule has 0 bridgehead atoms. The lowest BCUT2D eigenvalue weighted by Crippen LogP contribution is -2.12. The fraction of sp³-hybridized carbons (Fsp3) is 0.0500. The van der Waals surface area contributed by atoms with Gasteiger partial charge in [-0.15, -0.1) is 0 Å². The van der Waals surface area contributed by atoms with Gasteiger partial charge >= 0.3 is 0 Å². The fourth-order valence-corrected chi connectivity index (χ4v) is 3.95. The fourth-order valence-electron chi connectivity index (χ4n) is 2.71. The normalized spacial score (nSPS) is 10.7. The van der Waals surface area contributed by atoms with Crippen LogP contribution < -0.4 is 5.32 Å². The number of halogens is 1. The number of amides is 1. The lowest BCUT2D eigenvalue weighted by atomic mass is 10.1. The molecule has 134 valence electrons. The third-order valence-corrected chi connectivity index (χ3v) is 5.33.